The van der Waals surface area contributed by atoms with E-state index in [-0.39, 0.29) is 11.6 Å². The Morgan fingerprint density at radius 1 is 1.16 bits per heavy atom. The minimum Gasteiger partial charge on any atom is -0.356 e. The monoisotopic (exact) mass is 261 g/mol. The van der Waals surface area contributed by atoms with Gasteiger partial charge in [-0.2, -0.15) is 0 Å². The number of nitrogens with zero attached hydrogens (tertiary/aromatic N) is 2. The van der Waals surface area contributed by atoms with Gasteiger partial charge in [-0.15, -0.1) is 0 Å². The molecule has 1 N–H and O–H groups in total. The Labute approximate surface area is 111 Å². The number of amides is 1. The number of nitrogens with one attached hydrogen (secondary N) is 1. The molecule has 0 unspecified atom stereocenters. The van der Waals surface area contributed by atoms with Gasteiger partial charge in [0.2, 0.25) is 5.91 Å². The molecule has 2 aromatic rings. The summed E-state index contributed by atoms with van der Waals surface area (Å²) < 4.78 is 3.40. The van der Waals surface area contributed by atoms with E-state index in [0.29, 0.717) is 26.1 Å². The average Bonchev–Trinajstić information content (AvgIpc) is 2.68. The average molecular weight is 261 g/mol. The van der Waals surface area contributed by atoms with Gasteiger partial charge in [0, 0.05) is 26.1 Å². The fourth-order valence-corrected chi connectivity index (χ4v) is 2.29. The topological polar surface area (TPSA) is 56.0 Å². The second kappa shape index (κ2) is 5.73. The van der Waals surface area contributed by atoms with Crippen molar-refractivity contribution in [2.24, 2.45) is 0 Å². The Kier molecular flexibility index (Phi) is 4.04. The summed E-state index contributed by atoms with van der Waals surface area (Å²) in [5.74, 6) is -0.0253. The standard InChI is InChI=1S/C14H19N3O2/c1-3-15-13(18)9-10-17-12-8-6-5-7-11(12)16(4-2)14(17)19/h5-8H,3-4,9-10H2,1-2H3,(H,15,18). The van der Waals surface area contributed by atoms with E-state index in [4.69, 9.17) is 0 Å². The summed E-state index contributed by atoms with van der Waals surface area (Å²) in [4.78, 5) is 23.8. The fraction of sp³-hybridized carbons (Fsp3) is 0.429. The maximum absolute atomic E-state index is 12.3. The lowest BCUT2D eigenvalue weighted by atomic mass is 10.3. The van der Waals surface area contributed by atoms with Crippen molar-refractivity contribution in [3.63, 3.8) is 0 Å². The van der Waals surface area contributed by atoms with Crippen molar-refractivity contribution in [3.05, 3.63) is 34.7 Å². The van der Waals surface area contributed by atoms with Crippen molar-refractivity contribution in [2.75, 3.05) is 6.54 Å². The van der Waals surface area contributed by atoms with Gasteiger partial charge in [0.05, 0.1) is 11.0 Å². The Hall–Kier alpha value is -2.04. The molecule has 102 valence electrons. The van der Waals surface area contributed by atoms with Crippen LogP contribution in [0.1, 0.15) is 20.3 Å². The zero-order chi connectivity index (χ0) is 13.8. The number of carbonyl (C=O) groups is 1. The minimum absolute atomic E-state index is 0.0253. The molecule has 5 heteroatoms. The van der Waals surface area contributed by atoms with Gasteiger partial charge in [0.25, 0.3) is 0 Å². The largest absolute Gasteiger partial charge is 0.356 e. The first kappa shape index (κ1) is 13.4. The molecule has 0 saturated carbocycles. The van der Waals surface area contributed by atoms with Gasteiger partial charge in [-0.1, -0.05) is 12.1 Å². The van der Waals surface area contributed by atoms with E-state index in [2.05, 4.69) is 5.32 Å². The van der Waals surface area contributed by atoms with Crippen LogP contribution in [0.5, 0.6) is 0 Å². The zero-order valence-corrected chi connectivity index (χ0v) is 11.3. The first-order valence-corrected chi connectivity index (χ1v) is 6.63. The first-order chi connectivity index (χ1) is 9.19. The van der Waals surface area contributed by atoms with Crippen LogP contribution in [0, 0.1) is 0 Å². The summed E-state index contributed by atoms with van der Waals surface area (Å²) in [6.07, 6.45) is 0.325. The smallest absolute Gasteiger partial charge is 0.329 e. The molecule has 1 amide bonds. The Morgan fingerprint density at radius 2 is 1.79 bits per heavy atom. The molecule has 0 aliphatic carbocycles. The van der Waals surface area contributed by atoms with Gasteiger partial charge in [0.1, 0.15) is 0 Å². The number of fused-ring (bicyclic) bond motifs is 1. The molecule has 19 heavy (non-hydrogen) atoms. The van der Waals surface area contributed by atoms with Crippen molar-refractivity contribution >= 4 is 16.9 Å². The lowest BCUT2D eigenvalue weighted by molar-refractivity contribution is -0.121. The quantitative estimate of drug-likeness (QED) is 0.883. The fourth-order valence-electron chi connectivity index (χ4n) is 2.29. The molecule has 0 bridgehead atoms. The molecule has 0 radical (unpaired) electrons. The van der Waals surface area contributed by atoms with Crippen molar-refractivity contribution in [2.45, 2.75) is 33.4 Å². The van der Waals surface area contributed by atoms with Crippen LogP contribution in [0.3, 0.4) is 0 Å². The van der Waals surface area contributed by atoms with Gasteiger partial charge in [0.15, 0.2) is 0 Å². The van der Waals surface area contributed by atoms with Crippen LogP contribution in [0.4, 0.5) is 0 Å². The van der Waals surface area contributed by atoms with Gasteiger partial charge < -0.3 is 5.32 Å². The lowest BCUT2D eigenvalue weighted by Gasteiger charge is -2.03. The molecule has 1 heterocycles. The number of para-hydroxylation sites is 2. The Bertz CT molecular complexity index is 640. The van der Waals surface area contributed by atoms with Crippen molar-refractivity contribution in [1.29, 1.82) is 0 Å². The Morgan fingerprint density at radius 3 is 2.37 bits per heavy atom. The summed E-state index contributed by atoms with van der Waals surface area (Å²) in [6, 6.07) is 7.68. The molecule has 0 aliphatic rings. The first-order valence-electron chi connectivity index (χ1n) is 6.63. The maximum atomic E-state index is 12.3. The third kappa shape index (κ3) is 2.54. The molecule has 0 saturated heterocycles. The van der Waals surface area contributed by atoms with Gasteiger partial charge in [-0.3, -0.25) is 13.9 Å². The summed E-state index contributed by atoms with van der Waals surface area (Å²) in [7, 11) is 0. The minimum atomic E-state index is -0.0481. The summed E-state index contributed by atoms with van der Waals surface area (Å²) in [5, 5.41) is 2.74. The molecule has 1 aromatic carbocycles. The number of aromatic nitrogens is 2. The molecule has 0 aliphatic heterocycles. The van der Waals surface area contributed by atoms with Crippen LogP contribution in [-0.2, 0) is 17.9 Å². The molecule has 0 atom stereocenters. The zero-order valence-electron chi connectivity index (χ0n) is 11.3. The van der Waals surface area contributed by atoms with Gasteiger partial charge in [-0.05, 0) is 26.0 Å². The van der Waals surface area contributed by atoms with Crippen LogP contribution in [0.25, 0.3) is 11.0 Å². The van der Waals surface area contributed by atoms with Gasteiger partial charge >= 0.3 is 5.69 Å². The summed E-state index contributed by atoms with van der Waals surface area (Å²) in [5.41, 5.74) is 1.76. The summed E-state index contributed by atoms with van der Waals surface area (Å²) >= 11 is 0. The van der Waals surface area contributed by atoms with Crippen LogP contribution in [-0.4, -0.2) is 21.6 Å². The molecule has 0 spiro atoms. The van der Waals surface area contributed by atoms with Gasteiger partial charge in [-0.25, -0.2) is 4.79 Å². The van der Waals surface area contributed by atoms with Crippen LogP contribution in [0.15, 0.2) is 29.1 Å². The number of aryl methyl sites for hydroxylation is 2. The molecule has 1 aromatic heterocycles. The summed E-state index contributed by atoms with van der Waals surface area (Å²) in [6.45, 7) is 5.49. The number of benzene rings is 1. The third-order valence-corrected chi connectivity index (χ3v) is 3.18. The van der Waals surface area contributed by atoms with Crippen molar-refractivity contribution in [3.8, 4) is 0 Å². The number of hydrogen-bond donors (Lipinski definition) is 1. The number of carbonyl (C=O) groups excluding carboxylic acids is 1. The highest BCUT2D eigenvalue weighted by molar-refractivity contribution is 5.77. The van der Waals surface area contributed by atoms with Crippen LogP contribution in [0.2, 0.25) is 0 Å². The van der Waals surface area contributed by atoms with E-state index in [1.807, 2.05) is 38.1 Å². The second-order valence-electron chi connectivity index (χ2n) is 4.37. The highest BCUT2D eigenvalue weighted by Gasteiger charge is 2.12. The second-order valence-corrected chi connectivity index (χ2v) is 4.37. The molecule has 2 rings (SSSR count). The molecular formula is C14H19N3O2. The number of hydrogen-bond acceptors (Lipinski definition) is 2. The van der Waals surface area contributed by atoms with Crippen molar-refractivity contribution < 1.29 is 4.79 Å². The van der Waals surface area contributed by atoms with E-state index in [1.54, 1.807) is 9.13 Å². The van der Waals surface area contributed by atoms with E-state index in [0.717, 1.165) is 11.0 Å². The lowest BCUT2D eigenvalue weighted by Crippen LogP contribution is -2.28. The molecular weight excluding hydrogens is 242 g/mol. The predicted octanol–water partition coefficient (Wildman–Crippen LogP) is 1.35. The van der Waals surface area contributed by atoms with Crippen LogP contribution >= 0.6 is 0 Å². The Balaban J connectivity index is 2.35. The highest BCUT2D eigenvalue weighted by atomic mass is 16.2. The highest BCUT2D eigenvalue weighted by Crippen LogP contribution is 2.12. The van der Waals surface area contributed by atoms with E-state index in [1.165, 1.54) is 0 Å². The number of imidazole rings is 1. The third-order valence-electron chi connectivity index (χ3n) is 3.18. The molecule has 5 nitrogen and oxygen atoms in total. The van der Waals surface area contributed by atoms with E-state index < -0.39 is 0 Å². The predicted molar refractivity (Wildman–Crippen MR) is 75.2 cm³/mol. The van der Waals surface area contributed by atoms with E-state index >= 15 is 0 Å². The van der Waals surface area contributed by atoms with Crippen LogP contribution < -0.4 is 11.0 Å². The van der Waals surface area contributed by atoms with E-state index in [9.17, 15) is 9.59 Å². The SMILES string of the molecule is CCNC(=O)CCn1c(=O)n(CC)c2ccccc21. The maximum Gasteiger partial charge on any atom is 0.329 e. The number of rotatable bonds is 5. The van der Waals surface area contributed by atoms with Crippen molar-refractivity contribution in [1.82, 2.24) is 14.5 Å². The molecule has 0 fully saturated rings. The normalized spacial score (nSPS) is 10.8.